The van der Waals surface area contributed by atoms with Gasteiger partial charge in [-0.05, 0) is 43.9 Å². The highest BCUT2D eigenvalue weighted by Crippen LogP contribution is 2.39. The first kappa shape index (κ1) is 16.5. The van der Waals surface area contributed by atoms with Crippen molar-refractivity contribution in [3.63, 3.8) is 0 Å². The van der Waals surface area contributed by atoms with E-state index in [2.05, 4.69) is 13.2 Å². The lowest BCUT2D eigenvalue weighted by Gasteiger charge is -2.52. The molecule has 0 bridgehead atoms. The standard InChI is InChI=1S/C20H24N2O2/c1-3-10-20(11-4-2)12-14-22(20)19(24)16-7-5-8-17(15-16)21-13-6-9-18(21)23/h3-5,7-8,15H,1-2,6,9-14H2. The zero-order valence-corrected chi connectivity index (χ0v) is 14.0. The maximum Gasteiger partial charge on any atom is 0.254 e. The highest BCUT2D eigenvalue weighted by Gasteiger charge is 2.45. The first-order valence-electron chi connectivity index (χ1n) is 8.55. The van der Waals surface area contributed by atoms with E-state index in [0.717, 1.165) is 44.5 Å². The minimum absolute atomic E-state index is 0.0263. The molecule has 2 aliphatic heterocycles. The number of carbonyl (C=O) groups is 2. The lowest BCUT2D eigenvalue weighted by Crippen LogP contribution is -2.61. The number of likely N-dealkylation sites (tertiary alicyclic amines) is 1. The van der Waals surface area contributed by atoms with Crippen LogP contribution < -0.4 is 4.90 Å². The maximum absolute atomic E-state index is 13.0. The summed E-state index contributed by atoms with van der Waals surface area (Å²) in [5.41, 5.74) is 1.28. The molecule has 0 aliphatic carbocycles. The molecular weight excluding hydrogens is 300 g/mol. The average Bonchev–Trinajstić information content (AvgIpc) is 3.00. The Morgan fingerprint density at radius 1 is 1.21 bits per heavy atom. The fraction of sp³-hybridized carbons (Fsp3) is 0.400. The van der Waals surface area contributed by atoms with Gasteiger partial charge in [0.2, 0.25) is 5.91 Å². The van der Waals surface area contributed by atoms with Gasteiger partial charge in [0.05, 0.1) is 5.54 Å². The van der Waals surface area contributed by atoms with Crippen molar-refractivity contribution in [2.45, 2.75) is 37.6 Å². The number of benzene rings is 1. The Bertz CT molecular complexity index is 670. The van der Waals surface area contributed by atoms with Gasteiger partial charge in [0.25, 0.3) is 5.91 Å². The molecule has 1 aromatic carbocycles. The van der Waals surface area contributed by atoms with E-state index in [1.54, 1.807) is 4.90 Å². The highest BCUT2D eigenvalue weighted by molar-refractivity contribution is 5.99. The van der Waals surface area contributed by atoms with E-state index in [4.69, 9.17) is 0 Å². The lowest BCUT2D eigenvalue weighted by molar-refractivity contribution is -0.117. The van der Waals surface area contributed by atoms with Gasteiger partial charge in [-0.15, -0.1) is 13.2 Å². The summed E-state index contributed by atoms with van der Waals surface area (Å²) < 4.78 is 0. The zero-order valence-electron chi connectivity index (χ0n) is 14.0. The Kier molecular flexibility index (Phi) is 4.56. The third-order valence-electron chi connectivity index (χ3n) is 5.15. The number of hydrogen-bond donors (Lipinski definition) is 0. The lowest BCUT2D eigenvalue weighted by atomic mass is 9.78. The van der Waals surface area contributed by atoms with E-state index in [9.17, 15) is 9.59 Å². The minimum atomic E-state index is -0.181. The Morgan fingerprint density at radius 3 is 2.50 bits per heavy atom. The summed E-state index contributed by atoms with van der Waals surface area (Å²) in [6, 6.07) is 7.43. The topological polar surface area (TPSA) is 40.6 Å². The molecule has 0 aromatic heterocycles. The second-order valence-electron chi connectivity index (χ2n) is 6.62. The van der Waals surface area contributed by atoms with Crippen LogP contribution in [0.5, 0.6) is 0 Å². The monoisotopic (exact) mass is 324 g/mol. The van der Waals surface area contributed by atoms with Crippen LogP contribution in [0.2, 0.25) is 0 Å². The smallest absolute Gasteiger partial charge is 0.254 e. The molecule has 0 spiro atoms. The van der Waals surface area contributed by atoms with Crippen molar-refractivity contribution >= 4 is 17.5 Å². The number of amides is 2. The van der Waals surface area contributed by atoms with Gasteiger partial charge in [-0.25, -0.2) is 0 Å². The van der Waals surface area contributed by atoms with Crippen LogP contribution in [0, 0.1) is 0 Å². The van der Waals surface area contributed by atoms with Crippen molar-refractivity contribution < 1.29 is 9.59 Å². The molecule has 2 aliphatic rings. The molecule has 24 heavy (non-hydrogen) atoms. The van der Waals surface area contributed by atoms with Crippen LogP contribution in [0.3, 0.4) is 0 Å². The van der Waals surface area contributed by atoms with Gasteiger partial charge in [0, 0.05) is 30.8 Å². The Hall–Kier alpha value is -2.36. The molecule has 2 heterocycles. The van der Waals surface area contributed by atoms with Gasteiger partial charge in [-0.2, -0.15) is 0 Å². The summed E-state index contributed by atoms with van der Waals surface area (Å²) in [7, 11) is 0. The number of carbonyl (C=O) groups excluding carboxylic acids is 2. The first-order valence-corrected chi connectivity index (χ1v) is 8.55. The van der Waals surface area contributed by atoms with Crippen LogP contribution in [0.25, 0.3) is 0 Å². The SMILES string of the molecule is C=CCC1(CC=C)CCN1C(=O)c1cccc(N2CCCC2=O)c1. The van der Waals surface area contributed by atoms with Crippen molar-refractivity contribution in [1.29, 1.82) is 0 Å². The Morgan fingerprint density at radius 2 is 1.96 bits per heavy atom. The normalized spacial score (nSPS) is 19.1. The summed E-state index contributed by atoms with van der Waals surface area (Å²) in [6.07, 6.45) is 7.74. The van der Waals surface area contributed by atoms with E-state index in [-0.39, 0.29) is 17.4 Å². The molecular formula is C20H24N2O2. The molecule has 0 unspecified atom stereocenters. The minimum Gasteiger partial charge on any atom is -0.332 e. The number of nitrogens with zero attached hydrogens (tertiary/aromatic N) is 2. The van der Waals surface area contributed by atoms with Crippen LogP contribution in [0.1, 0.15) is 42.5 Å². The Labute approximate surface area is 143 Å². The van der Waals surface area contributed by atoms with Gasteiger partial charge in [-0.3, -0.25) is 9.59 Å². The second kappa shape index (κ2) is 6.63. The van der Waals surface area contributed by atoms with Crippen molar-refractivity contribution in [2.24, 2.45) is 0 Å². The number of rotatable bonds is 6. The molecule has 1 aromatic rings. The maximum atomic E-state index is 13.0. The predicted octanol–water partition coefficient (Wildman–Crippen LogP) is 3.55. The summed E-state index contributed by atoms with van der Waals surface area (Å²) in [6.45, 7) is 9.16. The molecule has 0 atom stereocenters. The van der Waals surface area contributed by atoms with Crippen LogP contribution >= 0.6 is 0 Å². The van der Waals surface area contributed by atoms with Gasteiger partial charge in [0.1, 0.15) is 0 Å². The van der Waals surface area contributed by atoms with E-state index in [1.807, 2.05) is 41.3 Å². The summed E-state index contributed by atoms with van der Waals surface area (Å²) in [4.78, 5) is 28.6. The molecule has 4 heteroatoms. The average molecular weight is 324 g/mol. The molecule has 0 N–H and O–H groups in total. The Balaban J connectivity index is 1.83. The van der Waals surface area contributed by atoms with E-state index >= 15 is 0 Å². The van der Waals surface area contributed by atoms with Gasteiger partial charge in [0.15, 0.2) is 0 Å². The number of hydrogen-bond acceptors (Lipinski definition) is 2. The van der Waals surface area contributed by atoms with Crippen molar-refractivity contribution in [3.8, 4) is 0 Å². The molecule has 2 fully saturated rings. The number of anilines is 1. The third-order valence-corrected chi connectivity index (χ3v) is 5.15. The van der Waals surface area contributed by atoms with Crippen molar-refractivity contribution in [3.05, 3.63) is 55.1 Å². The van der Waals surface area contributed by atoms with Crippen LogP contribution in [0.4, 0.5) is 5.69 Å². The quantitative estimate of drug-likeness (QED) is 0.751. The largest absolute Gasteiger partial charge is 0.332 e. The van der Waals surface area contributed by atoms with Crippen molar-refractivity contribution in [2.75, 3.05) is 18.0 Å². The van der Waals surface area contributed by atoms with Crippen LogP contribution in [0.15, 0.2) is 49.6 Å². The van der Waals surface area contributed by atoms with Crippen molar-refractivity contribution in [1.82, 2.24) is 4.90 Å². The molecule has 0 radical (unpaired) electrons. The zero-order chi connectivity index (χ0) is 17.2. The van der Waals surface area contributed by atoms with Crippen LogP contribution in [-0.4, -0.2) is 35.3 Å². The van der Waals surface area contributed by atoms with E-state index in [0.29, 0.717) is 12.0 Å². The second-order valence-corrected chi connectivity index (χ2v) is 6.62. The third kappa shape index (κ3) is 2.77. The summed E-state index contributed by atoms with van der Waals surface area (Å²) in [5, 5.41) is 0. The highest BCUT2D eigenvalue weighted by atomic mass is 16.2. The molecule has 2 amide bonds. The summed E-state index contributed by atoms with van der Waals surface area (Å²) in [5.74, 6) is 0.162. The van der Waals surface area contributed by atoms with Gasteiger partial charge < -0.3 is 9.80 Å². The fourth-order valence-electron chi connectivity index (χ4n) is 3.79. The molecule has 0 saturated carbocycles. The fourth-order valence-corrected chi connectivity index (χ4v) is 3.79. The molecule has 126 valence electrons. The predicted molar refractivity (Wildman–Crippen MR) is 96.0 cm³/mol. The van der Waals surface area contributed by atoms with E-state index < -0.39 is 0 Å². The van der Waals surface area contributed by atoms with Gasteiger partial charge >= 0.3 is 0 Å². The van der Waals surface area contributed by atoms with Gasteiger partial charge in [-0.1, -0.05) is 18.2 Å². The van der Waals surface area contributed by atoms with E-state index in [1.165, 1.54) is 0 Å². The molecule has 2 saturated heterocycles. The molecule has 4 nitrogen and oxygen atoms in total. The van der Waals surface area contributed by atoms with Crippen LogP contribution in [-0.2, 0) is 4.79 Å². The molecule has 3 rings (SSSR count). The summed E-state index contributed by atoms with van der Waals surface area (Å²) >= 11 is 0. The first-order chi connectivity index (χ1) is 11.6.